The maximum atomic E-state index is 10.1. The molecular formula is C16H28O7. The molecule has 1 saturated heterocycles. The van der Waals surface area contributed by atoms with Crippen molar-refractivity contribution in [2.75, 3.05) is 13.2 Å². The summed E-state index contributed by atoms with van der Waals surface area (Å²) in [5.41, 5.74) is 1.79. The molecule has 2 aliphatic rings. The van der Waals surface area contributed by atoms with E-state index in [-0.39, 0.29) is 18.1 Å². The molecule has 0 aromatic heterocycles. The average Bonchev–Trinajstić information content (AvgIpc) is 2.46. The van der Waals surface area contributed by atoms with E-state index in [9.17, 15) is 25.5 Å². The minimum atomic E-state index is -1.44. The van der Waals surface area contributed by atoms with E-state index in [2.05, 4.69) is 0 Å². The highest BCUT2D eigenvalue weighted by Crippen LogP contribution is 2.41. The van der Waals surface area contributed by atoms with Gasteiger partial charge in [0.05, 0.1) is 19.3 Å². The van der Waals surface area contributed by atoms with Crippen molar-refractivity contribution in [3.63, 3.8) is 0 Å². The van der Waals surface area contributed by atoms with E-state index in [4.69, 9.17) is 9.47 Å². The lowest BCUT2D eigenvalue weighted by Gasteiger charge is -2.43. The van der Waals surface area contributed by atoms with Crippen LogP contribution in [0.3, 0.4) is 0 Å². The lowest BCUT2D eigenvalue weighted by molar-refractivity contribution is -0.313. The zero-order valence-corrected chi connectivity index (χ0v) is 13.8. The van der Waals surface area contributed by atoms with Crippen LogP contribution in [0.1, 0.15) is 33.6 Å². The first kappa shape index (κ1) is 18.8. The van der Waals surface area contributed by atoms with Crippen LogP contribution in [0.25, 0.3) is 0 Å². The van der Waals surface area contributed by atoms with Crippen molar-refractivity contribution < 1.29 is 35.0 Å². The zero-order chi connectivity index (χ0) is 17.4. The van der Waals surface area contributed by atoms with Gasteiger partial charge in [0.15, 0.2) is 6.29 Å². The van der Waals surface area contributed by atoms with Gasteiger partial charge in [0.2, 0.25) is 0 Å². The third-order valence-corrected chi connectivity index (χ3v) is 4.94. The molecule has 0 unspecified atom stereocenters. The first-order valence-electron chi connectivity index (χ1n) is 7.97. The number of hydrogen-bond donors (Lipinski definition) is 5. The van der Waals surface area contributed by atoms with E-state index in [0.717, 1.165) is 11.1 Å². The van der Waals surface area contributed by atoms with E-state index >= 15 is 0 Å². The molecule has 2 rings (SSSR count). The second-order valence-corrected chi connectivity index (χ2v) is 7.16. The second kappa shape index (κ2) is 7.14. The molecule has 23 heavy (non-hydrogen) atoms. The van der Waals surface area contributed by atoms with E-state index < -0.39 is 37.3 Å². The fourth-order valence-electron chi connectivity index (χ4n) is 3.62. The highest BCUT2D eigenvalue weighted by Gasteiger charge is 2.45. The lowest BCUT2D eigenvalue weighted by atomic mass is 9.72. The van der Waals surface area contributed by atoms with Crippen molar-refractivity contribution in [3.8, 4) is 0 Å². The van der Waals surface area contributed by atoms with Crippen LogP contribution in [-0.2, 0) is 9.47 Å². The van der Waals surface area contributed by atoms with Crippen LogP contribution in [0.2, 0.25) is 0 Å². The first-order chi connectivity index (χ1) is 10.7. The average molecular weight is 332 g/mol. The predicted molar refractivity (Wildman–Crippen MR) is 81.4 cm³/mol. The Hall–Kier alpha value is -0.540. The summed E-state index contributed by atoms with van der Waals surface area (Å²) in [6.45, 7) is 5.51. The predicted octanol–water partition coefficient (Wildman–Crippen LogP) is -0.700. The number of ether oxygens (including phenoxy) is 2. The van der Waals surface area contributed by atoms with Crippen molar-refractivity contribution in [1.82, 2.24) is 0 Å². The fraction of sp³-hybridized carbons (Fsp3) is 0.875. The normalized spacial score (nSPS) is 41.2. The second-order valence-electron chi connectivity index (χ2n) is 7.16. The molecule has 134 valence electrons. The number of aliphatic hydroxyl groups is 5. The van der Waals surface area contributed by atoms with Gasteiger partial charge in [-0.2, -0.15) is 0 Å². The maximum Gasteiger partial charge on any atom is 0.186 e. The van der Waals surface area contributed by atoms with Gasteiger partial charge in [-0.05, 0) is 30.8 Å². The Bertz CT molecular complexity index is 446. The topological polar surface area (TPSA) is 120 Å². The third kappa shape index (κ3) is 3.76. The van der Waals surface area contributed by atoms with E-state index in [0.29, 0.717) is 12.8 Å². The fourth-order valence-corrected chi connectivity index (χ4v) is 3.62. The SMILES string of the molecule is CC1=C(CO)C(C)(C)C[C@H](O[C@@H]2O[C@H](CO)[C@@H](O)[C@H](O)[C@H]2O)C1. The van der Waals surface area contributed by atoms with Crippen molar-refractivity contribution in [2.45, 2.75) is 70.4 Å². The van der Waals surface area contributed by atoms with E-state index in [1.54, 1.807) is 0 Å². The summed E-state index contributed by atoms with van der Waals surface area (Å²) in [5, 5.41) is 48.4. The maximum absolute atomic E-state index is 10.1. The monoisotopic (exact) mass is 332 g/mol. The molecule has 0 radical (unpaired) electrons. The lowest BCUT2D eigenvalue weighted by Crippen LogP contribution is -2.59. The summed E-state index contributed by atoms with van der Waals surface area (Å²) < 4.78 is 11.2. The molecule has 0 aromatic rings. The van der Waals surface area contributed by atoms with Crippen LogP contribution in [0.4, 0.5) is 0 Å². The number of aliphatic hydroxyl groups excluding tert-OH is 5. The van der Waals surface area contributed by atoms with Crippen molar-refractivity contribution in [1.29, 1.82) is 0 Å². The molecule has 7 nitrogen and oxygen atoms in total. The molecule has 1 aliphatic carbocycles. The van der Waals surface area contributed by atoms with Gasteiger partial charge < -0.3 is 35.0 Å². The van der Waals surface area contributed by atoms with Gasteiger partial charge in [0.1, 0.15) is 24.4 Å². The zero-order valence-electron chi connectivity index (χ0n) is 13.8. The van der Waals surface area contributed by atoms with Gasteiger partial charge in [-0.1, -0.05) is 19.4 Å². The molecule has 0 spiro atoms. The van der Waals surface area contributed by atoms with Crippen LogP contribution in [0, 0.1) is 5.41 Å². The molecule has 5 N–H and O–H groups in total. The minimum Gasteiger partial charge on any atom is -0.394 e. The van der Waals surface area contributed by atoms with Gasteiger partial charge in [0, 0.05) is 0 Å². The van der Waals surface area contributed by atoms with Crippen LogP contribution >= 0.6 is 0 Å². The highest BCUT2D eigenvalue weighted by molar-refractivity contribution is 5.24. The number of rotatable bonds is 4. The Morgan fingerprint density at radius 1 is 1.13 bits per heavy atom. The summed E-state index contributed by atoms with van der Waals surface area (Å²) in [4.78, 5) is 0. The molecule has 0 bridgehead atoms. The summed E-state index contributed by atoms with van der Waals surface area (Å²) in [5.74, 6) is 0. The van der Waals surface area contributed by atoms with E-state index in [1.165, 1.54) is 0 Å². The Morgan fingerprint density at radius 2 is 1.78 bits per heavy atom. The summed E-state index contributed by atoms with van der Waals surface area (Å²) in [6.07, 6.45) is -5.33. The Morgan fingerprint density at radius 3 is 2.30 bits per heavy atom. The molecule has 1 aliphatic heterocycles. The summed E-state index contributed by atoms with van der Waals surface area (Å²) in [6, 6.07) is 0. The molecule has 1 heterocycles. The molecular weight excluding hydrogens is 304 g/mol. The van der Waals surface area contributed by atoms with Crippen molar-refractivity contribution >= 4 is 0 Å². The molecule has 0 amide bonds. The van der Waals surface area contributed by atoms with Crippen LogP contribution in [0.5, 0.6) is 0 Å². The van der Waals surface area contributed by atoms with Gasteiger partial charge in [-0.3, -0.25) is 0 Å². The smallest absolute Gasteiger partial charge is 0.186 e. The highest BCUT2D eigenvalue weighted by atomic mass is 16.7. The Kier molecular flexibility index (Phi) is 5.84. The molecule has 6 atom stereocenters. The molecule has 0 saturated carbocycles. The number of hydrogen-bond acceptors (Lipinski definition) is 7. The Labute approximate surface area is 136 Å². The van der Waals surface area contributed by atoms with Gasteiger partial charge >= 0.3 is 0 Å². The van der Waals surface area contributed by atoms with Gasteiger partial charge in [-0.25, -0.2) is 0 Å². The van der Waals surface area contributed by atoms with Crippen LogP contribution in [-0.4, -0.2) is 75.6 Å². The van der Waals surface area contributed by atoms with E-state index in [1.807, 2.05) is 20.8 Å². The minimum absolute atomic E-state index is 0.00556. The van der Waals surface area contributed by atoms with Crippen molar-refractivity contribution in [3.05, 3.63) is 11.1 Å². The summed E-state index contributed by atoms with van der Waals surface area (Å²) in [7, 11) is 0. The first-order valence-corrected chi connectivity index (χ1v) is 7.97. The third-order valence-electron chi connectivity index (χ3n) is 4.94. The van der Waals surface area contributed by atoms with Crippen LogP contribution in [0.15, 0.2) is 11.1 Å². The molecule has 1 fully saturated rings. The van der Waals surface area contributed by atoms with Gasteiger partial charge in [-0.15, -0.1) is 0 Å². The largest absolute Gasteiger partial charge is 0.394 e. The Balaban J connectivity index is 2.09. The van der Waals surface area contributed by atoms with Crippen LogP contribution < -0.4 is 0 Å². The summed E-state index contributed by atoms with van der Waals surface area (Å²) >= 11 is 0. The molecule has 0 aromatic carbocycles. The standard InChI is InChI=1S/C16H28O7/c1-8-4-9(5-16(2,3)10(8)6-17)22-15-14(21)13(20)12(19)11(7-18)23-15/h9,11-15,17-21H,4-7H2,1-3H3/t9-,11-,12-,13+,14-,15-/m1/s1. The quantitative estimate of drug-likeness (QED) is 0.432. The van der Waals surface area contributed by atoms with Gasteiger partial charge in [0.25, 0.3) is 0 Å². The van der Waals surface area contributed by atoms with Crippen molar-refractivity contribution in [2.24, 2.45) is 5.41 Å². The molecule has 7 heteroatoms.